The number of alkyl carbamates (subject to hydrolysis) is 1. The van der Waals surface area contributed by atoms with Gasteiger partial charge in [0, 0.05) is 35.9 Å². The predicted molar refractivity (Wildman–Crippen MR) is 97.0 cm³/mol. The van der Waals surface area contributed by atoms with E-state index in [1.807, 2.05) is 26.8 Å². The van der Waals surface area contributed by atoms with Crippen LogP contribution in [0, 0.1) is 17.0 Å². The Balaban J connectivity index is 1.99. The van der Waals surface area contributed by atoms with Crippen molar-refractivity contribution in [2.45, 2.75) is 65.1 Å². The van der Waals surface area contributed by atoms with Crippen LogP contribution in [0.1, 0.15) is 46.1 Å². The number of rotatable bonds is 3. The van der Waals surface area contributed by atoms with E-state index < -0.39 is 5.60 Å². The molecule has 2 atom stereocenters. The third-order valence-corrected chi connectivity index (χ3v) is 4.31. The van der Waals surface area contributed by atoms with Gasteiger partial charge in [-0.25, -0.2) is 4.79 Å². The number of carbonyl (C=O) groups excluding carboxylic acids is 1. The van der Waals surface area contributed by atoms with E-state index >= 15 is 0 Å². The lowest BCUT2D eigenvalue weighted by Crippen LogP contribution is -2.49. The molecule has 1 saturated heterocycles. The Morgan fingerprint density at radius 2 is 2.08 bits per heavy atom. The van der Waals surface area contributed by atoms with Gasteiger partial charge in [-0.3, -0.25) is 10.1 Å². The molecule has 1 fully saturated rings. The number of nitrogens with one attached hydrogen (secondary N) is 1. The number of amides is 1. The van der Waals surface area contributed by atoms with Crippen LogP contribution in [0.5, 0.6) is 0 Å². The molecule has 25 heavy (non-hydrogen) atoms. The molecule has 0 bridgehead atoms. The van der Waals surface area contributed by atoms with E-state index in [9.17, 15) is 14.9 Å². The van der Waals surface area contributed by atoms with Gasteiger partial charge in [-0.2, -0.15) is 0 Å². The average molecular weight is 349 g/mol. The fourth-order valence-electron chi connectivity index (χ4n) is 3.18. The first kappa shape index (κ1) is 19.0. The third-order valence-electron chi connectivity index (χ3n) is 4.31. The molecule has 0 saturated carbocycles. The highest BCUT2D eigenvalue weighted by Crippen LogP contribution is 2.29. The molecule has 2 rings (SSSR count). The molecule has 2 unspecified atom stereocenters. The second-order valence-electron chi connectivity index (χ2n) is 7.64. The maximum absolute atomic E-state index is 11.9. The van der Waals surface area contributed by atoms with E-state index in [0.717, 1.165) is 25.1 Å². The summed E-state index contributed by atoms with van der Waals surface area (Å²) in [5.74, 6) is 0. The number of hydrogen-bond acceptors (Lipinski definition) is 5. The molecule has 1 aromatic rings. The molecule has 138 valence electrons. The zero-order valence-electron chi connectivity index (χ0n) is 15.5. The fraction of sp³-hybridized carbons (Fsp3) is 0.611. The Morgan fingerprint density at radius 1 is 1.40 bits per heavy atom. The van der Waals surface area contributed by atoms with E-state index in [4.69, 9.17) is 4.74 Å². The minimum atomic E-state index is -0.507. The van der Waals surface area contributed by atoms with Gasteiger partial charge in [-0.05, 0) is 59.6 Å². The maximum atomic E-state index is 11.9. The van der Waals surface area contributed by atoms with Crippen LogP contribution in [0.4, 0.5) is 16.2 Å². The SMILES string of the molecule is Cc1cc(N2CCC(NC(=O)OC(C)(C)C)CC2C)ccc1[N+](=O)[O-]. The number of benzene rings is 1. The highest BCUT2D eigenvalue weighted by molar-refractivity contribution is 5.68. The van der Waals surface area contributed by atoms with Gasteiger partial charge in [0.15, 0.2) is 0 Å². The number of anilines is 1. The van der Waals surface area contributed by atoms with Crippen LogP contribution < -0.4 is 10.2 Å². The second kappa shape index (κ2) is 7.29. The topological polar surface area (TPSA) is 84.7 Å². The normalized spacial score (nSPS) is 20.9. The van der Waals surface area contributed by atoms with Crippen molar-refractivity contribution in [3.63, 3.8) is 0 Å². The molecule has 0 aromatic heterocycles. The van der Waals surface area contributed by atoms with Crippen molar-refractivity contribution >= 4 is 17.5 Å². The number of ether oxygens (including phenoxy) is 1. The minimum Gasteiger partial charge on any atom is -0.444 e. The van der Waals surface area contributed by atoms with Gasteiger partial charge >= 0.3 is 6.09 Å². The first-order valence-electron chi connectivity index (χ1n) is 8.58. The first-order chi connectivity index (χ1) is 11.6. The quantitative estimate of drug-likeness (QED) is 0.663. The van der Waals surface area contributed by atoms with Crippen LogP contribution in [-0.2, 0) is 4.74 Å². The Hall–Kier alpha value is -2.31. The lowest BCUT2D eigenvalue weighted by atomic mass is 9.97. The lowest BCUT2D eigenvalue weighted by Gasteiger charge is -2.39. The van der Waals surface area contributed by atoms with E-state index in [0.29, 0.717) is 5.56 Å². The molecule has 1 heterocycles. The number of nitro groups is 1. The van der Waals surface area contributed by atoms with Crippen LogP contribution in [0.2, 0.25) is 0 Å². The Bertz CT molecular complexity index is 654. The van der Waals surface area contributed by atoms with E-state index in [2.05, 4.69) is 17.1 Å². The molecule has 7 nitrogen and oxygen atoms in total. The molecule has 0 spiro atoms. The van der Waals surface area contributed by atoms with Gasteiger partial charge in [0.1, 0.15) is 5.60 Å². The zero-order valence-corrected chi connectivity index (χ0v) is 15.5. The first-order valence-corrected chi connectivity index (χ1v) is 8.58. The Labute approximate surface area is 148 Å². The van der Waals surface area contributed by atoms with Crippen molar-refractivity contribution in [1.82, 2.24) is 5.32 Å². The molecule has 1 aliphatic heterocycles. The molecule has 0 aliphatic carbocycles. The second-order valence-corrected chi connectivity index (χ2v) is 7.64. The van der Waals surface area contributed by atoms with Gasteiger partial charge in [-0.1, -0.05) is 0 Å². The number of aryl methyl sites for hydroxylation is 1. The summed E-state index contributed by atoms with van der Waals surface area (Å²) in [6.45, 7) is 10.2. The molecule has 1 amide bonds. The van der Waals surface area contributed by atoms with Crippen LogP contribution >= 0.6 is 0 Å². The molecular weight excluding hydrogens is 322 g/mol. The zero-order chi connectivity index (χ0) is 18.8. The molecular formula is C18H27N3O4. The lowest BCUT2D eigenvalue weighted by molar-refractivity contribution is -0.385. The summed E-state index contributed by atoms with van der Waals surface area (Å²) in [5, 5.41) is 13.9. The number of hydrogen-bond donors (Lipinski definition) is 1. The van der Waals surface area contributed by atoms with Crippen LogP contribution in [0.25, 0.3) is 0 Å². The number of carbonyl (C=O) groups is 1. The Morgan fingerprint density at radius 3 is 2.60 bits per heavy atom. The van der Waals surface area contributed by atoms with Crippen LogP contribution in [-0.4, -0.2) is 35.2 Å². The molecule has 7 heteroatoms. The third kappa shape index (κ3) is 5.08. The standard InChI is InChI=1S/C18H27N3O4/c1-12-10-15(6-7-16(12)21(23)24)20-9-8-14(11-13(20)2)19-17(22)25-18(3,4)5/h6-7,10,13-14H,8-9,11H2,1-5H3,(H,19,22). The van der Waals surface area contributed by atoms with Crippen molar-refractivity contribution in [1.29, 1.82) is 0 Å². The van der Waals surface area contributed by atoms with Crippen molar-refractivity contribution in [3.05, 3.63) is 33.9 Å². The summed E-state index contributed by atoms with van der Waals surface area (Å²) in [5.41, 5.74) is 1.26. The molecule has 1 aliphatic rings. The van der Waals surface area contributed by atoms with Gasteiger partial charge in [0.2, 0.25) is 0 Å². The summed E-state index contributed by atoms with van der Waals surface area (Å²) < 4.78 is 5.31. The van der Waals surface area contributed by atoms with Gasteiger partial charge in [0.25, 0.3) is 5.69 Å². The number of piperidine rings is 1. The predicted octanol–water partition coefficient (Wildman–Crippen LogP) is 3.79. The van der Waals surface area contributed by atoms with Gasteiger partial charge in [0.05, 0.1) is 4.92 Å². The highest BCUT2D eigenvalue weighted by atomic mass is 16.6. The Kier molecular flexibility index (Phi) is 5.55. The summed E-state index contributed by atoms with van der Waals surface area (Å²) >= 11 is 0. The summed E-state index contributed by atoms with van der Waals surface area (Å²) in [6.07, 6.45) is 1.22. The summed E-state index contributed by atoms with van der Waals surface area (Å²) in [6, 6.07) is 5.50. The van der Waals surface area contributed by atoms with E-state index in [1.54, 1.807) is 19.1 Å². The van der Waals surface area contributed by atoms with Gasteiger partial charge < -0.3 is 15.0 Å². The van der Waals surface area contributed by atoms with Crippen molar-refractivity contribution < 1.29 is 14.5 Å². The van der Waals surface area contributed by atoms with Gasteiger partial charge in [-0.15, -0.1) is 0 Å². The maximum Gasteiger partial charge on any atom is 0.407 e. The van der Waals surface area contributed by atoms with Crippen LogP contribution in [0.3, 0.4) is 0 Å². The summed E-state index contributed by atoms with van der Waals surface area (Å²) in [4.78, 5) is 24.7. The summed E-state index contributed by atoms with van der Waals surface area (Å²) in [7, 11) is 0. The smallest absolute Gasteiger partial charge is 0.407 e. The molecule has 1 N–H and O–H groups in total. The largest absolute Gasteiger partial charge is 0.444 e. The highest BCUT2D eigenvalue weighted by Gasteiger charge is 2.28. The van der Waals surface area contributed by atoms with Crippen LogP contribution in [0.15, 0.2) is 18.2 Å². The number of nitro benzene ring substituents is 1. The van der Waals surface area contributed by atoms with Crippen molar-refractivity contribution in [2.75, 3.05) is 11.4 Å². The monoisotopic (exact) mass is 349 g/mol. The molecule has 0 radical (unpaired) electrons. The number of nitrogens with zero attached hydrogens (tertiary/aromatic N) is 2. The van der Waals surface area contributed by atoms with Crippen molar-refractivity contribution in [2.24, 2.45) is 0 Å². The minimum absolute atomic E-state index is 0.0697. The fourth-order valence-corrected chi connectivity index (χ4v) is 3.18. The van der Waals surface area contributed by atoms with E-state index in [1.165, 1.54) is 0 Å². The van der Waals surface area contributed by atoms with E-state index in [-0.39, 0.29) is 28.8 Å². The molecule has 1 aromatic carbocycles. The average Bonchev–Trinajstić information content (AvgIpc) is 2.44. The van der Waals surface area contributed by atoms with Crippen molar-refractivity contribution in [3.8, 4) is 0 Å².